The van der Waals surface area contributed by atoms with Crippen LogP contribution >= 0.6 is 0 Å². The summed E-state index contributed by atoms with van der Waals surface area (Å²) in [4.78, 5) is 12.0. The molecule has 1 aliphatic carbocycles. The molecule has 0 spiro atoms. The highest BCUT2D eigenvalue weighted by atomic mass is 16.6. The van der Waals surface area contributed by atoms with Crippen molar-refractivity contribution in [1.82, 2.24) is 10.3 Å². The van der Waals surface area contributed by atoms with Crippen LogP contribution in [0.2, 0.25) is 0 Å². The van der Waals surface area contributed by atoms with Gasteiger partial charge in [0.25, 0.3) is 0 Å². The monoisotopic (exact) mass is 358 g/mol. The highest BCUT2D eigenvalue weighted by molar-refractivity contribution is 5.81. The van der Waals surface area contributed by atoms with Crippen molar-refractivity contribution in [3.8, 4) is 0 Å². The molecule has 4 unspecified atom stereocenters. The maximum absolute atomic E-state index is 12.0. The first kappa shape index (κ1) is 17.3. The van der Waals surface area contributed by atoms with Gasteiger partial charge in [0, 0.05) is 24.2 Å². The average Bonchev–Trinajstić information content (AvgIpc) is 3.28. The van der Waals surface area contributed by atoms with Gasteiger partial charge < -0.3 is 25.5 Å². The molecule has 3 aliphatic rings. The number of fused-ring (bicyclic) bond motifs is 1. The van der Waals surface area contributed by atoms with Gasteiger partial charge in [-0.2, -0.15) is 0 Å². The molecule has 1 aromatic rings. The number of carbonyl (C=O) groups is 1. The number of carbonyl (C=O) groups excluding carboxylic acids is 1. The van der Waals surface area contributed by atoms with Gasteiger partial charge in [0.15, 0.2) is 0 Å². The zero-order valence-electron chi connectivity index (χ0n) is 14.7. The van der Waals surface area contributed by atoms with E-state index in [9.17, 15) is 4.79 Å². The van der Waals surface area contributed by atoms with Crippen molar-refractivity contribution in [3.05, 3.63) is 47.8 Å². The minimum atomic E-state index is -0.162. The summed E-state index contributed by atoms with van der Waals surface area (Å²) in [6, 6.07) is 9.80. The fourth-order valence-corrected chi connectivity index (χ4v) is 3.67. The molecule has 3 fully saturated rings. The number of allylic oxidation sites excluding steroid dienone is 1. The summed E-state index contributed by atoms with van der Waals surface area (Å²) >= 11 is 0. The first-order valence-corrected chi connectivity index (χ1v) is 9.18. The molecule has 2 heterocycles. The fourth-order valence-electron chi connectivity index (χ4n) is 3.67. The van der Waals surface area contributed by atoms with E-state index in [4.69, 9.17) is 21.1 Å². The zero-order valence-corrected chi connectivity index (χ0v) is 14.7. The smallest absolute Gasteiger partial charge is 0.223 e. The number of ether oxygens (including phenoxy) is 2. The van der Waals surface area contributed by atoms with Crippen LogP contribution in [0.3, 0.4) is 0 Å². The molecule has 0 radical (unpaired) electrons. The summed E-state index contributed by atoms with van der Waals surface area (Å²) in [5, 5.41) is 4.65. The Morgan fingerprint density at radius 1 is 1.19 bits per heavy atom. The van der Waals surface area contributed by atoms with Crippen LogP contribution in [0.1, 0.15) is 18.4 Å². The normalized spacial score (nSPS) is 30.9. The van der Waals surface area contributed by atoms with Gasteiger partial charge in [0.05, 0.1) is 25.3 Å². The number of nitrogens with two attached hydrogens (primary N) is 2. The number of hydrazine groups is 1. The zero-order chi connectivity index (χ0) is 18.1. The van der Waals surface area contributed by atoms with Crippen LogP contribution in [0.25, 0.3) is 0 Å². The van der Waals surface area contributed by atoms with E-state index >= 15 is 0 Å². The van der Waals surface area contributed by atoms with E-state index in [0.717, 1.165) is 18.4 Å². The molecule has 1 saturated carbocycles. The van der Waals surface area contributed by atoms with Gasteiger partial charge in [-0.05, 0) is 18.4 Å². The molecule has 7 heteroatoms. The Morgan fingerprint density at radius 3 is 2.65 bits per heavy atom. The first-order valence-electron chi connectivity index (χ1n) is 9.18. The molecule has 7 nitrogen and oxygen atoms in total. The average molecular weight is 358 g/mol. The second kappa shape index (κ2) is 7.26. The highest BCUT2D eigenvalue weighted by Crippen LogP contribution is 2.32. The quantitative estimate of drug-likeness (QED) is 0.498. The van der Waals surface area contributed by atoms with Crippen LogP contribution in [-0.4, -0.2) is 48.4 Å². The number of nitrogens with zero attached hydrogens (tertiary/aromatic N) is 1. The van der Waals surface area contributed by atoms with Gasteiger partial charge in [-0.15, -0.1) is 0 Å². The Morgan fingerprint density at radius 2 is 1.92 bits per heavy atom. The Labute approximate surface area is 153 Å². The van der Waals surface area contributed by atoms with Gasteiger partial charge in [-0.1, -0.05) is 30.3 Å². The van der Waals surface area contributed by atoms with Crippen molar-refractivity contribution in [2.75, 3.05) is 13.2 Å². The highest BCUT2D eigenvalue weighted by Gasteiger charge is 2.50. The lowest BCUT2D eigenvalue weighted by molar-refractivity contribution is -0.123. The topological polar surface area (TPSA) is 103 Å². The van der Waals surface area contributed by atoms with E-state index in [2.05, 4.69) is 5.32 Å². The standard InChI is InChI=1S/C19H26N4O3/c20-14(8-12-4-2-1-3-5-12)9-23(21)16-11-26-17-15(10-25-18(16)17)22-19(24)13-6-7-13/h1-5,9,13,15-18H,6-8,10-11,20-21H2,(H,22,24)/b14-9-. The maximum Gasteiger partial charge on any atom is 0.223 e. The lowest BCUT2D eigenvalue weighted by Gasteiger charge is -2.25. The third-order valence-corrected chi connectivity index (χ3v) is 5.25. The van der Waals surface area contributed by atoms with Crippen LogP contribution in [0, 0.1) is 5.92 Å². The number of amides is 1. The molecule has 2 saturated heterocycles. The second-order valence-electron chi connectivity index (χ2n) is 7.37. The third kappa shape index (κ3) is 3.70. The Bertz CT molecular complexity index is 677. The fraction of sp³-hybridized carbons (Fsp3) is 0.526. The number of rotatable bonds is 6. The first-order chi connectivity index (χ1) is 12.6. The van der Waals surface area contributed by atoms with E-state index in [1.165, 1.54) is 0 Å². The number of hydrogen-bond acceptors (Lipinski definition) is 6. The minimum Gasteiger partial charge on any atom is -0.401 e. The van der Waals surface area contributed by atoms with Crippen molar-refractivity contribution in [2.24, 2.45) is 17.5 Å². The molecule has 140 valence electrons. The molecule has 0 bridgehead atoms. The molecular formula is C19H26N4O3. The molecule has 4 atom stereocenters. The van der Waals surface area contributed by atoms with Crippen molar-refractivity contribution >= 4 is 5.91 Å². The number of hydrogen-bond donors (Lipinski definition) is 3. The molecular weight excluding hydrogens is 332 g/mol. The molecule has 26 heavy (non-hydrogen) atoms. The van der Waals surface area contributed by atoms with Gasteiger partial charge in [0.1, 0.15) is 12.2 Å². The van der Waals surface area contributed by atoms with E-state index in [1.807, 2.05) is 30.3 Å². The number of benzene rings is 1. The van der Waals surface area contributed by atoms with Crippen LogP contribution in [0.5, 0.6) is 0 Å². The van der Waals surface area contributed by atoms with Gasteiger partial charge >= 0.3 is 0 Å². The number of nitrogens with one attached hydrogen (secondary N) is 1. The summed E-state index contributed by atoms with van der Waals surface area (Å²) in [7, 11) is 0. The van der Waals surface area contributed by atoms with Crippen molar-refractivity contribution in [2.45, 2.75) is 43.6 Å². The Balaban J connectivity index is 1.35. The van der Waals surface area contributed by atoms with Gasteiger partial charge in [0.2, 0.25) is 5.91 Å². The molecule has 5 N–H and O–H groups in total. The van der Waals surface area contributed by atoms with Gasteiger partial charge in [-0.3, -0.25) is 4.79 Å². The minimum absolute atomic E-state index is 0.0999. The predicted octanol–water partition coefficient (Wildman–Crippen LogP) is 0.266. The second-order valence-corrected chi connectivity index (χ2v) is 7.37. The third-order valence-electron chi connectivity index (χ3n) is 5.25. The molecule has 4 rings (SSSR count). The Kier molecular flexibility index (Phi) is 4.84. The lowest BCUT2D eigenvalue weighted by Crippen LogP contribution is -2.48. The summed E-state index contributed by atoms with van der Waals surface area (Å²) < 4.78 is 11.8. The molecule has 0 aromatic heterocycles. The van der Waals surface area contributed by atoms with E-state index in [1.54, 1.807) is 11.2 Å². The van der Waals surface area contributed by atoms with Crippen LogP contribution < -0.4 is 16.9 Å². The van der Waals surface area contributed by atoms with E-state index in [0.29, 0.717) is 25.3 Å². The van der Waals surface area contributed by atoms with Gasteiger partial charge in [-0.25, -0.2) is 5.84 Å². The Hall–Kier alpha value is -2.09. The lowest BCUT2D eigenvalue weighted by atomic mass is 10.1. The molecule has 1 amide bonds. The maximum atomic E-state index is 12.0. The molecule has 1 aromatic carbocycles. The van der Waals surface area contributed by atoms with Crippen LogP contribution in [-0.2, 0) is 20.7 Å². The SMILES string of the molecule is N/C(=C\N(N)C1COC2C(NC(=O)C3CC3)COC21)Cc1ccccc1. The summed E-state index contributed by atoms with van der Waals surface area (Å²) in [6.07, 6.45) is 4.04. The molecule has 2 aliphatic heterocycles. The van der Waals surface area contributed by atoms with Crippen LogP contribution in [0.4, 0.5) is 0 Å². The summed E-state index contributed by atoms with van der Waals surface area (Å²) in [5.41, 5.74) is 7.96. The van der Waals surface area contributed by atoms with Crippen molar-refractivity contribution in [1.29, 1.82) is 0 Å². The van der Waals surface area contributed by atoms with Crippen molar-refractivity contribution in [3.63, 3.8) is 0 Å². The van der Waals surface area contributed by atoms with Crippen LogP contribution in [0.15, 0.2) is 42.2 Å². The largest absolute Gasteiger partial charge is 0.401 e. The van der Waals surface area contributed by atoms with E-state index < -0.39 is 0 Å². The summed E-state index contributed by atoms with van der Waals surface area (Å²) in [6.45, 7) is 0.915. The predicted molar refractivity (Wildman–Crippen MR) is 96.4 cm³/mol. The van der Waals surface area contributed by atoms with Crippen molar-refractivity contribution < 1.29 is 14.3 Å². The summed E-state index contributed by atoms with van der Waals surface area (Å²) in [5.74, 6) is 6.52. The van der Waals surface area contributed by atoms with E-state index in [-0.39, 0.29) is 36.1 Å².